The van der Waals surface area contributed by atoms with Crippen LogP contribution in [0.4, 0.5) is 4.79 Å². The first-order valence-corrected chi connectivity index (χ1v) is 14.6. The van der Waals surface area contributed by atoms with Gasteiger partial charge >= 0.3 is 12.0 Å². The minimum Gasteiger partial charge on any atom is -0.465 e. The number of hydrogen-bond acceptors (Lipinski definition) is 7. The second-order valence-corrected chi connectivity index (χ2v) is 10.5. The molecular weight excluding hydrogens is 546 g/mol. The van der Waals surface area contributed by atoms with Crippen LogP contribution in [0.5, 0.6) is 0 Å². The average Bonchev–Trinajstić information content (AvgIpc) is 3.03. The SMILES string of the molecule is C=CCN(C)C[C@@H]1C[C@H](c2ccc(CO)cc2)O[C@H](c2ccc(-c3ccccc3CNC(=O)NCC(=O)OCC)cc2)O1. The Bertz CT molecular complexity index is 1340. The minimum absolute atomic E-state index is 0.000728. The number of aliphatic hydroxyl groups excluding tert-OH is 1. The molecule has 9 nitrogen and oxygen atoms in total. The molecule has 3 atom stereocenters. The van der Waals surface area contributed by atoms with Crippen LogP contribution in [-0.4, -0.2) is 61.4 Å². The molecule has 1 fully saturated rings. The predicted octanol–water partition coefficient (Wildman–Crippen LogP) is 4.87. The van der Waals surface area contributed by atoms with Gasteiger partial charge in [-0.05, 0) is 41.8 Å². The number of amides is 2. The summed E-state index contributed by atoms with van der Waals surface area (Å²) >= 11 is 0. The Balaban J connectivity index is 1.47. The van der Waals surface area contributed by atoms with Crippen LogP contribution in [0.25, 0.3) is 11.1 Å². The lowest BCUT2D eigenvalue weighted by Crippen LogP contribution is -2.38. The number of nitrogens with one attached hydrogen (secondary N) is 2. The van der Waals surface area contributed by atoms with E-state index in [1.54, 1.807) is 6.92 Å². The van der Waals surface area contributed by atoms with Gasteiger partial charge in [-0.3, -0.25) is 4.79 Å². The van der Waals surface area contributed by atoms with E-state index < -0.39 is 18.3 Å². The standard InChI is InChI=1S/C34H41N3O6/c1-4-18-37(3)22-29-19-31(26-12-10-24(23-38)11-13-26)43-33(42-29)27-16-14-25(15-17-27)30-9-7-6-8-28(30)20-35-34(40)36-21-32(39)41-5-2/h4,6-17,29,31,33,38H,1,5,18-23H2,2-3H3,(H2,35,36,40)/t29-,31+,33+/m0/s1. The fourth-order valence-electron chi connectivity index (χ4n) is 5.05. The lowest BCUT2D eigenvalue weighted by molar-refractivity contribution is -0.252. The van der Waals surface area contributed by atoms with E-state index in [1.807, 2.05) is 85.9 Å². The number of benzene rings is 3. The maximum absolute atomic E-state index is 12.2. The van der Waals surface area contributed by atoms with E-state index in [0.717, 1.165) is 46.5 Å². The summed E-state index contributed by atoms with van der Waals surface area (Å²) in [6.07, 6.45) is 1.84. The number of aliphatic hydroxyl groups is 1. The molecule has 0 saturated carbocycles. The van der Waals surface area contributed by atoms with Crippen molar-refractivity contribution in [1.82, 2.24) is 15.5 Å². The van der Waals surface area contributed by atoms with Gasteiger partial charge in [0, 0.05) is 31.6 Å². The molecule has 43 heavy (non-hydrogen) atoms. The van der Waals surface area contributed by atoms with Crippen LogP contribution in [0.15, 0.2) is 85.5 Å². The number of likely N-dealkylation sites (N-methyl/N-ethyl adjacent to an activating group) is 1. The van der Waals surface area contributed by atoms with Gasteiger partial charge in [0.15, 0.2) is 6.29 Å². The van der Waals surface area contributed by atoms with E-state index in [1.165, 1.54) is 0 Å². The Kier molecular flexibility index (Phi) is 11.9. The van der Waals surface area contributed by atoms with Crippen LogP contribution >= 0.6 is 0 Å². The summed E-state index contributed by atoms with van der Waals surface area (Å²) in [4.78, 5) is 25.9. The Morgan fingerprint density at radius 2 is 1.74 bits per heavy atom. The Labute approximate surface area is 253 Å². The second-order valence-electron chi connectivity index (χ2n) is 10.5. The van der Waals surface area contributed by atoms with Crippen LogP contribution in [0.3, 0.4) is 0 Å². The van der Waals surface area contributed by atoms with Crippen LogP contribution in [0.2, 0.25) is 0 Å². The Morgan fingerprint density at radius 3 is 2.44 bits per heavy atom. The van der Waals surface area contributed by atoms with E-state index >= 15 is 0 Å². The molecule has 3 N–H and O–H groups in total. The summed E-state index contributed by atoms with van der Waals surface area (Å²) in [6.45, 7) is 7.43. The third kappa shape index (κ3) is 9.23. The van der Waals surface area contributed by atoms with Crippen LogP contribution in [0, 0.1) is 0 Å². The van der Waals surface area contributed by atoms with Crippen LogP contribution in [0.1, 0.15) is 48.0 Å². The molecular formula is C34H41N3O6. The predicted molar refractivity (Wildman–Crippen MR) is 165 cm³/mol. The number of carbonyl (C=O) groups excluding carboxylic acids is 2. The normalized spacial score (nSPS) is 18.2. The maximum atomic E-state index is 12.2. The zero-order chi connectivity index (χ0) is 30.6. The van der Waals surface area contributed by atoms with Gasteiger partial charge in [0.1, 0.15) is 6.54 Å². The van der Waals surface area contributed by atoms with Gasteiger partial charge in [-0.15, -0.1) is 6.58 Å². The summed E-state index contributed by atoms with van der Waals surface area (Å²) in [5.41, 5.74) is 5.72. The van der Waals surface area contributed by atoms with Gasteiger partial charge in [0.05, 0.1) is 25.4 Å². The van der Waals surface area contributed by atoms with E-state index in [2.05, 4.69) is 22.1 Å². The van der Waals surface area contributed by atoms with E-state index in [-0.39, 0.29) is 38.5 Å². The molecule has 0 aliphatic carbocycles. The molecule has 4 rings (SSSR count). The molecule has 3 aromatic carbocycles. The molecule has 0 aromatic heterocycles. The number of ether oxygens (including phenoxy) is 3. The second kappa shape index (κ2) is 16.0. The molecule has 2 amide bonds. The van der Waals surface area contributed by atoms with E-state index in [9.17, 15) is 14.7 Å². The van der Waals surface area contributed by atoms with Gasteiger partial charge in [0.25, 0.3) is 0 Å². The number of hydrogen-bond donors (Lipinski definition) is 3. The first-order valence-electron chi connectivity index (χ1n) is 14.6. The van der Waals surface area contributed by atoms with E-state index in [4.69, 9.17) is 14.2 Å². The number of urea groups is 1. The zero-order valence-electron chi connectivity index (χ0n) is 24.8. The summed E-state index contributed by atoms with van der Waals surface area (Å²) in [7, 11) is 2.05. The largest absolute Gasteiger partial charge is 0.465 e. The third-order valence-electron chi connectivity index (χ3n) is 7.22. The van der Waals surface area contributed by atoms with Gasteiger partial charge in [0.2, 0.25) is 0 Å². The Morgan fingerprint density at radius 1 is 1.02 bits per heavy atom. The lowest BCUT2D eigenvalue weighted by atomic mass is 9.97. The van der Waals surface area contributed by atoms with Crippen molar-refractivity contribution < 1.29 is 28.9 Å². The molecule has 228 valence electrons. The fourth-order valence-corrected chi connectivity index (χ4v) is 5.05. The van der Waals surface area contributed by atoms with Crippen molar-refractivity contribution in [2.75, 3.05) is 33.3 Å². The van der Waals surface area contributed by atoms with Gasteiger partial charge in [-0.25, -0.2) is 4.79 Å². The van der Waals surface area contributed by atoms with Crippen molar-refractivity contribution in [2.24, 2.45) is 0 Å². The molecule has 1 aliphatic heterocycles. The van der Waals surface area contributed by atoms with Crippen LogP contribution in [-0.2, 0) is 32.2 Å². The number of carbonyl (C=O) groups is 2. The molecule has 9 heteroatoms. The average molecular weight is 588 g/mol. The van der Waals surface area contributed by atoms with Crippen molar-refractivity contribution in [2.45, 2.75) is 45.0 Å². The van der Waals surface area contributed by atoms with Crippen molar-refractivity contribution in [3.8, 4) is 11.1 Å². The molecule has 3 aromatic rings. The lowest BCUT2D eigenvalue weighted by Gasteiger charge is -2.37. The summed E-state index contributed by atoms with van der Waals surface area (Å²) in [5, 5.41) is 14.8. The molecule has 0 unspecified atom stereocenters. The van der Waals surface area contributed by atoms with Crippen molar-refractivity contribution >= 4 is 12.0 Å². The quantitative estimate of drug-likeness (QED) is 0.193. The van der Waals surface area contributed by atoms with Crippen molar-refractivity contribution in [1.29, 1.82) is 0 Å². The van der Waals surface area contributed by atoms with Gasteiger partial charge in [-0.1, -0.05) is 78.9 Å². The molecule has 0 bridgehead atoms. The zero-order valence-corrected chi connectivity index (χ0v) is 24.8. The molecule has 0 radical (unpaired) electrons. The first kappa shape index (κ1) is 31.9. The van der Waals surface area contributed by atoms with E-state index in [0.29, 0.717) is 6.42 Å². The number of rotatable bonds is 13. The first-order chi connectivity index (χ1) is 20.9. The third-order valence-corrected chi connectivity index (χ3v) is 7.22. The Hall–Kier alpha value is -4.02. The molecule has 1 heterocycles. The highest BCUT2D eigenvalue weighted by atomic mass is 16.7. The molecule has 1 aliphatic rings. The summed E-state index contributed by atoms with van der Waals surface area (Å²) in [5.74, 6) is -0.481. The van der Waals surface area contributed by atoms with Crippen LogP contribution < -0.4 is 10.6 Å². The molecule has 1 saturated heterocycles. The fraction of sp³-hybridized carbons (Fsp3) is 0.353. The maximum Gasteiger partial charge on any atom is 0.325 e. The topological polar surface area (TPSA) is 109 Å². The highest BCUT2D eigenvalue weighted by molar-refractivity contribution is 5.81. The van der Waals surface area contributed by atoms with Gasteiger partial charge in [-0.2, -0.15) is 0 Å². The summed E-state index contributed by atoms with van der Waals surface area (Å²) < 4.78 is 17.8. The number of nitrogens with zero attached hydrogens (tertiary/aromatic N) is 1. The summed E-state index contributed by atoms with van der Waals surface area (Å²) in [6, 6.07) is 23.3. The minimum atomic E-state index is -0.549. The monoisotopic (exact) mass is 587 g/mol. The highest BCUT2D eigenvalue weighted by Crippen LogP contribution is 2.38. The van der Waals surface area contributed by atoms with Crippen molar-refractivity contribution in [3.63, 3.8) is 0 Å². The van der Waals surface area contributed by atoms with Gasteiger partial charge < -0.3 is 34.9 Å². The van der Waals surface area contributed by atoms with Crippen molar-refractivity contribution in [3.05, 3.63) is 108 Å². The smallest absolute Gasteiger partial charge is 0.325 e. The molecule has 0 spiro atoms. The highest BCUT2D eigenvalue weighted by Gasteiger charge is 2.32. The number of esters is 1.